The monoisotopic (exact) mass is 868 g/mol. The van der Waals surface area contributed by atoms with Crippen molar-refractivity contribution in [2.45, 2.75) is 67.1 Å². The third-order valence-electron chi connectivity index (χ3n) is 8.82. The van der Waals surface area contributed by atoms with Crippen molar-refractivity contribution in [2.75, 3.05) is 27.4 Å². The van der Waals surface area contributed by atoms with Gasteiger partial charge >= 0.3 is 0 Å². The molecule has 5 aromatic rings. The van der Waals surface area contributed by atoms with E-state index in [0.717, 1.165) is 42.7 Å². The minimum atomic E-state index is -0.613. The standard InChI is InChI=1S/C34H27F3N6O4.C6H12O.C6H10O.C2H6/c1-39-32(46-20-24-10-7-22(18-38)13-27(24)35)6-4-3-5-23-14-29(37)25(15-28(23)36)16-31-40-34(42-41-31)30-17-33(43-47-30)45-19-21-8-11-26(44-2)12-9-21;1-6(2)3-4-7-5-6;1-4-5-6(2)7-3;1-2/h3-4,6-15,17H,1,5,16,19-20H2,2H3,(H,40,41,42);3-5H2,1-2H3;4-5H,2H2,1,3H3;1-2H3/b4-3-,32-6+;;5-4-;. The van der Waals surface area contributed by atoms with Crippen LogP contribution in [0.1, 0.15) is 74.7 Å². The van der Waals surface area contributed by atoms with Crippen LogP contribution in [0.25, 0.3) is 11.6 Å². The molecule has 63 heavy (non-hydrogen) atoms. The van der Waals surface area contributed by atoms with Crippen LogP contribution < -0.4 is 9.47 Å². The molecule has 0 amide bonds. The number of aromatic amines is 1. The van der Waals surface area contributed by atoms with Gasteiger partial charge in [0, 0.05) is 18.6 Å². The van der Waals surface area contributed by atoms with Gasteiger partial charge in [-0.1, -0.05) is 70.7 Å². The predicted molar refractivity (Wildman–Crippen MR) is 236 cm³/mol. The number of H-pyrrole nitrogens is 1. The van der Waals surface area contributed by atoms with Gasteiger partial charge in [-0.3, -0.25) is 5.10 Å². The van der Waals surface area contributed by atoms with Crippen LogP contribution >= 0.6 is 0 Å². The first kappa shape index (κ1) is 50.4. The Morgan fingerprint density at radius 3 is 2.29 bits per heavy atom. The molecule has 15 heteroatoms. The number of nitrogens with one attached hydrogen (secondary N) is 1. The summed E-state index contributed by atoms with van der Waals surface area (Å²) in [6, 6.07) is 17.0. The van der Waals surface area contributed by atoms with Crippen LogP contribution in [0.15, 0.2) is 119 Å². The van der Waals surface area contributed by atoms with E-state index in [1.165, 1.54) is 30.7 Å². The lowest BCUT2D eigenvalue weighted by atomic mass is 9.94. The number of ether oxygens (including phenoxy) is 5. The second-order valence-electron chi connectivity index (χ2n) is 14.1. The molecular weight excluding hydrogens is 814 g/mol. The maximum absolute atomic E-state index is 14.9. The summed E-state index contributed by atoms with van der Waals surface area (Å²) < 4.78 is 75.3. The van der Waals surface area contributed by atoms with Crippen molar-refractivity contribution in [1.82, 2.24) is 20.3 Å². The van der Waals surface area contributed by atoms with Crippen molar-refractivity contribution in [1.29, 1.82) is 5.26 Å². The molecule has 0 unspecified atom stereocenters. The molecule has 1 saturated heterocycles. The summed E-state index contributed by atoms with van der Waals surface area (Å²) in [5.74, 6) is 0.684. The van der Waals surface area contributed by atoms with Gasteiger partial charge in [0.05, 0.1) is 38.5 Å². The van der Waals surface area contributed by atoms with Gasteiger partial charge in [-0.25, -0.2) is 23.1 Å². The maximum Gasteiger partial charge on any atom is 0.255 e. The number of halogens is 3. The molecule has 3 heterocycles. The summed E-state index contributed by atoms with van der Waals surface area (Å²) in [7, 11) is 3.19. The number of hydrogen-bond donors (Lipinski definition) is 1. The zero-order valence-electron chi connectivity index (χ0n) is 36.8. The Balaban J connectivity index is 0.000000558. The zero-order valence-corrected chi connectivity index (χ0v) is 36.8. The van der Waals surface area contributed by atoms with E-state index >= 15 is 0 Å². The summed E-state index contributed by atoms with van der Waals surface area (Å²) in [5.41, 5.74) is 2.02. The average molecular weight is 869 g/mol. The molecule has 6 rings (SSSR count). The molecule has 2 aromatic heterocycles. The summed E-state index contributed by atoms with van der Waals surface area (Å²) in [4.78, 5) is 8.05. The minimum absolute atomic E-state index is 0.0465. The van der Waals surface area contributed by atoms with Gasteiger partial charge in [-0.2, -0.15) is 5.26 Å². The number of allylic oxidation sites excluding steroid dienone is 5. The zero-order chi connectivity index (χ0) is 46.2. The number of aromatic nitrogens is 4. The van der Waals surface area contributed by atoms with Gasteiger partial charge in [-0.05, 0) is 102 Å². The van der Waals surface area contributed by atoms with E-state index in [9.17, 15) is 13.2 Å². The minimum Gasteiger partial charge on any atom is -0.497 e. The molecule has 1 aliphatic heterocycles. The van der Waals surface area contributed by atoms with Crippen LogP contribution in [-0.4, -0.2) is 54.5 Å². The molecule has 1 aliphatic rings. The Hall–Kier alpha value is -6.92. The van der Waals surface area contributed by atoms with Crippen molar-refractivity contribution >= 4 is 6.72 Å². The lowest BCUT2D eigenvalue weighted by Gasteiger charge is -2.11. The molecule has 0 saturated carbocycles. The second kappa shape index (κ2) is 26.4. The first-order valence-corrected chi connectivity index (χ1v) is 20.1. The van der Waals surface area contributed by atoms with Crippen molar-refractivity contribution in [3.8, 4) is 29.3 Å². The van der Waals surface area contributed by atoms with E-state index in [2.05, 4.69) is 52.5 Å². The van der Waals surface area contributed by atoms with Crippen molar-refractivity contribution < 1.29 is 41.4 Å². The van der Waals surface area contributed by atoms with Gasteiger partial charge in [0.15, 0.2) is 0 Å². The van der Waals surface area contributed by atoms with Gasteiger partial charge in [0.2, 0.25) is 17.5 Å². The summed E-state index contributed by atoms with van der Waals surface area (Å²) in [6.45, 7) is 19.4. The first-order valence-electron chi connectivity index (χ1n) is 20.1. The first-order chi connectivity index (χ1) is 30.4. The summed E-state index contributed by atoms with van der Waals surface area (Å²) in [5, 5.41) is 19.5. The number of rotatable bonds is 16. The molecule has 1 N–H and O–H groups in total. The Bertz CT molecular complexity index is 2340. The molecular formula is C48H55F3N6O6. The highest BCUT2D eigenvalue weighted by Crippen LogP contribution is 2.26. The lowest BCUT2D eigenvalue weighted by molar-refractivity contribution is 0.167. The van der Waals surface area contributed by atoms with E-state index in [1.54, 1.807) is 32.4 Å². The molecule has 334 valence electrons. The maximum atomic E-state index is 14.9. The number of benzene rings is 3. The van der Waals surface area contributed by atoms with Gasteiger partial charge in [0.25, 0.3) is 5.88 Å². The summed E-state index contributed by atoms with van der Waals surface area (Å²) >= 11 is 0. The lowest BCUT2D eigenvalue weighted by Crippen LogP contribution is -2.08. The molecule has 0 radical (unpaired) electrons. The van der Waals surface area contributed by atoms with Crippen molar-refractivity contribution in [3.63, 3.8) is 0 Å². The van der Waals surface area contributed by atoms with Crippen molar-refractivity contribution in [3.05, 3.63) is 160 Å². The smallest absolute Gasteiger partial charge is 0.255 e. The van der Waals surface area contributed by atoms with E-state index in [1.807, 2.05) is 57.2 Å². The van der Waals surface area contributed by atoms with Crippen LogP contribution in [0.3, 0.4) is 0 Å². The van der Waals surface area contributed by atoms with Crippen LogP contribution in [0.4, 0.5) is 13.2 Å². The fraction of sp³-hybridized carbons (Fsp3) is 0.312. The number of methoxy groups -OCH3 is 2. The van der Waals surface area contributed by atoms with Crippen LogP contribution in [-0.2, 0) is 40.3 Å². The Morgan fingerprint density at radius 2 is 1.70 bits per heavy atom. The fourth-order valence-electron chi connectivity index (χ4n) is 5.30. The molecule has 0 atom stereocenters. The molecule has 0 aliphatic carbocycles. The normalized spacial score (nSPS) is 12.8. The summed E-state index contributed by atoms with van der Waals surface area (Å²) in [6.07, 6.45) is 9.54. The van der Waals surface area contributed by atoms with Gasteiger partial charge < -0.3 is 28.2 Å². The van der Waals surface area contributed by atoms with E-state index in [-0.39, 0.29) is 71.7 Å². The molecule has 1 fully saturated rings. The van der Waals surface area contributed by atoms with E-state index < -0.39 is 17.5 Å². The molecule has 12 nitrogen and oxygen atoms in total. The number of hydrogen-bond acceptors (Lipinski definition) is 11. The average Bonchev–Trinajstić information content (AvgIpc) is 4.07. The van der Waals surface area contributed by atoms with Crippen LogP contribution in [0.5, 0.6) is 11.6 Å². The second-order valence-corrected chi connectivity index (χ2v) is 14.1. The van der Waals surface area contributed by atoms with E-state index in [4.69, 9.17) is 33.5 Å². The van der Waals surface area contributed by atoms with E-state index in [0.29, 0.717) is 17.0 Å². The topological polar surface area (TPSA) is 150 Å². The fourth-order valence-corrected chi connectivity index (χ4v) is 5.30. The number of aliphatic imine (C=N–C) groups is 1. The Morgan fingerprint density at radius 1 is 0.984 bits per heavy atom. The third-order valence-corrected chi connectivity index (χ3v) is 8.82. The predicted octanol–water partition coefficient (Wildman–Crippen LogP) is 11.0. The quantitative estimate of drug-likeness (QED) is 0.0577. The number of nitrogens with zero attached hydrogens (tertiary/aromatic N) is 5. The Labute approximate surface area is 367 Å². The highest BCUT2D eigenvalue weighted by atomic mass is 19.1. The van der Waals surface area contributed by atoms with Crippen molar-refractivity contribution in [2.24, 2.45) is 10.4 Å². The molecule has 0 bridgehead atoms. The highest BCUT2D eigenvalue weighted by Gasteiger charge is 2.23. The highest BCUT2D eigenvalue weighted by molar-refractivity contribution is 5.47. The largest absolute Gasteiger partial charge is 0.497 e. The van der Waals surface area contributed by atoms with Gasteiger partial charge in [0.1, 0.15) is 48.0 Å². The SMILES string of the molecule is C=C(/C=C\C)OC.C=N/C(=C\C=C/Cc1cc(F)c(Cc2nc(-c3cc(OCc4ccc(OC)cc4)no3)n[nH]2)cc1F)OCc1ccc(C#N)cc1F.CC.CC1(C)CCOC1. The van der Waals surface area contributed by atoms with Gasteiger partial charge in [-0.15, -0.1) is 5.10 Å². The molecule has 0 spiro atoms. The molecule has 3 aromatic carbocycles. The third kappa shape index (κ3) is 17.2. The van der Waals surface area contributed by atoms with Crippen LogP contribution in [0, 0.1) is 34.2 Å². The Kier molecular flexibility index (Phi) is 21.2. The number of nitriles is 1. The van der Waals surface area contributed by atoms with Crippen LogP contribution in [0.2, 0.25) is 0 Å².